The standard InChI is InChI=1S/C19H19FN4O3/c1-3-24-18(26)14-15(11(2)21-24)23-9-8-22(19(27)16(23)17(14)25)10-12-4-6-13(20)7-5-12/h4-7,25H,3,8-10H2,1-2H3. The lowest BCUT2D eigenvalue weighted by Crippen LogP contribution is -2.39. The third-order valence-corrected chi connectivity index (χ3v) is 4.97. The average Bonchev–Trinajstić information content (AvgIpc) is 2.96. The first-order chi connectivity index (χ1) is 12.9. The smallest absolute Gasteiger partial charge is 0.280 e. The zero-order chi connectivity index (χ0) is 19.3. The minimum Gasteiger partial charge on any atom is -0.505 e. The highest BCUT2D eigenvalue weighted by atomic mass is 19.1. The lowest BCUT2D eigenvalue weighted by Gasteiger charge is -2.29. The minimum absolute atomic E-state index is 0.106. The Hall–Kier alpha value is -3.16. The summed E-state index contributed by atoms with van der Waals surface area (Å²) in [5.41, 5.74) is 1.59. The van der Waals surface area contributed by atoms with Crippen LogP contribution in [0.3, 0.4) is 0 Å². The van der Waals surface area contributed by atoms with Crippen LogP contribution in [-0.2, 0) is 19.6 Å². The zero-order valence-corrected chi connectivity index (χ0v) is 15.1. The summed E-state index contributed by atoms with van der Waals surface area (Å²) in [5.74, 6) is -0.991. The van der Waals surface area contributed by atoms with Gasteiger partial charge in [-0.3, -0.25) is 9.59 Å². The third kappa shape index (κ3) is 2.59. The van der Waals surface area contributed by atoms with E-state index in [0.29, 0.717) is 37.4 Å². The Bertz CT molecular complexity index is 1110. The fourth-order valence-corrected chi connectivity index (χ4v) is 3.67. The van der Waals surface area contributed by atoms with Gasteiger partial charge in [-0.25, -0.2) is 9.07 Å². The van der Waals surface area contributed by atoms with E-state index in [0.717, 1.165) is 5.56 Å². The number of aromatic nitrogens is 3. The highest BCUT2D eigenvalue weighted by Gasteiger charge is 2.33. The Balaban J connectivity index is 1.81. The number of fused-ring (bicyclic) bond motifs is 3. The third-order valence-electron chi connectivity index (χ3n) is 4.97. The molecule has 140 valence electrons. The van der Waals surface area contributed by atoms with Crippen molar-refractivity contribution in [1.29, 1.82) is 0 Å². The Morgan fingerprint density at radius 2 is 1.89 bits per heavy atom. The van der Waals surface area contributed by atoms with Crippen molar-refractivity contribution in [2.75, 3.05) is 6.54 Å². The molecule has 4 rings (SSSR count). The molecular weight excluding hydrogens is 351 g/mol. The summed E-state index contributed by atoms with van der Waals surface area (Å²) in [5, 5.41) is 15.1. The summed E-state index contributed by atoms with van der Waals surface area (Å²) >= 11 is 0. The molecule has 1 N–H and O–H groups in total. The summed E-state index contributed by atoms with van der Waals surface area (Å²) < 4.78 is 16.1. The second kappa shape index (κ2) is 6.22. The molecule has 27 heavy (non-hydrogen) atoms. The fraction of sp³-hybridized carbons (Fsp3) is 0.316. The van der Waals surface area contributed by atoms with Crippen molar-refractivity contribution in [1.82, 2.24) is 19.2 Å². The molecule has 0 spiro atoms. The molecular formula is C19H19FN4O3. The Morgan fingerprint density at radius 3 is 2.56 bits per heavy atom. The van der Waals surface area contributed by atoms with Crippen molar-refractivity contribution in [2.24, 2.45) is 0 Å². The Kier molecular flexibility index (Phi) is 3.98. The molecule has 0 unspecified atom stereocenters. The van der Waals surface area contributed by atoms with E-state index in [9.17, 15) is 19.1 Å². The van der Waals surface area contributed by atoms with Gasteiger partial charge < -0.3 is 14.6 Å². The number of rotatable bonds is 3. The average molecular weight is 370 g/mol. The number of nitrogens with zero attached hydrogens (tertiary/aromatic N) is 4. The first-order valence-electron chi connectivity index (χ1n) is 8.79. The van der Waals surface area contributed by atoms with Gasteiger partial charge in [0.1, 0.15) is 11.2 Å². The number of aromatic hydroxyl groups is 1. The normalized spacial score (nSPS) is 14.0. The van der Waals surface area contributed by atoms with Crippen LogP contribution in [0, 0.1) is 12.7 Å². The van der Waals surface area contributed by atoms with Crippen LogP contribution in [0.5, 0.6) is 5.75 Å². The number of hydrogen-bond acceptors (Lipinski definition) is 4. The van der Waals surface area contributed by atoms with E-state index in [1.54, 1.807) is 35.4 Å². The number of carbonyl (C=O) groups excluding carboxylic acids is 1. The van der Waals surface area contributed by atoms with E-state index in [-0.39, 0.29) is 28.6 Å². The van der Waals surface area contributed by atoms with E-state index in [1.807, 2.05) is 0 Å². The number of carbonyl (C=O) groups is 1. The Morgan fingerprint density at radius 1 is 1.19 bits per heavy atom. The van der Waals surface area contributed by atoms with Crippen molar-refractivity contribution in [3.63, 3.8) is 0 Å². The molecule has 3 heterocycles. The largest absolute Gasteiger partial charge is 0.505 e. The second-order valence-electron chi connectivity index (χ2n) is 6.63. The molecule has 1 aromatic carbocycles. The van der Waals surface area contributed by atoms with Crippen LogP contribution in [0.15, 0.2) is 29.1 Å². The molecule has 3 aromatic rings. The maximum Gasteiger partial charge on any atom is 0.280 e. The summed E-state index contributed by atoms with van der Waals surface area (Å²) in [7, 11) is 0. The van der Waals surface area contributed by atoms with Crippen molar-refractivity contribution >= 4 is 16.8 Å². The van der Waals surface area contributed by atoms with Gasteiger partial charge >= 0.3 is 0 Å². The van der Waals surface area contributed by atoms with Crippen LogP contribution in [0.4, 0.5) is 4.39 Å². The molecule has 1 aliphatic rings. The number of hydrogen-bond donors (Lipinski definition) is 1. The topological polar surface area (TPSA) is 80.4 Å². The highest BCUT2D eigenvalue weighted by molar-refractivity contribution is 6.04. The molecule has 1 amide bonds. The molecule has 8 heteroatoms. The second-order valence-corrected chi connectivity index (χ2v) is 6.63. The van der Waals surface area contributed by atoms with Crippen LogP contribution in [-0.4, -0.2) is 36.8 Å². The van der Waals surface area contributed by atoms with E-state index < -0.39 is 5.56 Å². The number of amides is 1. The van der Waals surface area contributed by atoms with Crippen LogP contribution in [0.25, 0.3) is 10.9 Å². The lowest BCUT2D eigenvalue weighted by molar-refractivity contribution is 0.0689. The van der Waals surface area contributed by atoms with E-state index in [4.69, 9.17) is 0 Å². The number of halogens is 1. The predicted octanol–water partition coefficient (Wildman–Crippen LogP) is 2.03. The zero-order valence-electron chi connectivity index (χ0n) is 15.1. The first kappa shape index (κ1) is 17.3. The SMILES string of the molecule is CCn1nc(C)c2c(c(O)c3n2CCN(Cc2ccc(F)cc2)C3=O)c1=O. The van der Waals surface area contributed by atoms with Gasteiger partial charge in [0, 0.05) is 26.2 Å². The van der Waals surface area contributed by atoms with Gasteiger partial charge in [-0.05, 0) is 31.5 Å². The van der Waals surface area contributed by atoms with Crippen LogP contribution >= 0.6 is 0 Å². The van der Waals surface area contributed by atoms with Gasteiger partial charge in [0.25, 0.3) is 11.5 Å². The summed E-state index contributed by atoms with van der Waals surface area (Å²) in [4.78, 5) is 27.2. The maximum atomic E-state index is 13.1. The summed E-state index contributed by atoms with van der Waals surface area (Å²) in [6.45, 7) is 5.09. The monoisotopic (exact) mass is 370 g/mol. The number of benzene rings is 1. The van der Waals surface area contributed by atoms with Crippen molar-refractivity contribution < 1.29 is 14.3 Å². The molecule has 2 aromatic heterocycles. The van der Waals surface area contributed by atoms with Gasteiger partial charge in [-0.2, -0.15) is 5.10 Å². The molecule has 1 aliphatic heterocycles. The summed E-state index contributed by atoms with van der Waals surface area (Å²) in [6.07, 6.45) is 0. The minimum atomic E-state index is -0.407. The van der Waals surface area contributed by atoms with E-state index >= 15 is 0 Å². The fourth-order valence-electron chi connectivity index (χ4n) is 3.67. The van der Waals surface area contributed by atoms with Gasteiger partial charge in [-0.15, -0.1) is 0 Å². The molecule has 7 nitrogen and oxygen atoms in total. The molecule has 0 atom stereocenters. The van der Waals surface area contributed by atoms with Gasteiger partial charge in [0.15, 0.2) is 11.4 Å². The molecule has 0 saturated heterocycles. The van der Waals surface area contributed by atoms with Crippen LogP contribution in [0.2, 0.25) is 0 Å². The van der Waals surface area contributed by atoms with Crippen molar-refractivity contribution in [3.8, 4) is 5.75 Å². The van der Waals surface area contributed by atoms with Gasteiger partial charge in [0.2, 0.25) is 0 Å². The van der Waals surface area contributed by atoms with Crippen LogP contribution in [0.1, 0.15) is 28.7 Å². The molecule has 0 radical (unpaired) electrons. The van der Waals surface area contributed by atoms with Crippen LogP contribution < -0.4 is 5.56 Å². The van der Waals surface area contributed by atoms with E-state index in [1.165, 1.54) is 16.8 Å². The molecule has 0 saturated carbocycles. The number of aryl methyl sites for hydroxylation is 2. The van der Waals surface area contributed by atoms with Crippen molar-refractivity contribution in [3.05, 3.63) is 57.4 Å². The van der Waals surface area contributed by atoms with E-state index in [2.05, 4.69) is 5.10 Å². The molecule has 0 fully saturated rings. The predicted molar refractivity (Wildman–Crippen MR) is 97.2 cm³/mol. The molecule has 0 aliphatic carbocycles. The maximum absolute atomic E-state index is 13.1. The highest BCUT2D eigenvalue weighted by Crippen LogP contribution is 2.34. The van der Waals surface area contributed by atoms with Gasteiger partial charge in [-0.1, -0.05) is 12.1 Å². The first-order valence-corrected chi connectivity index (χ1v) is 8.79. The quantitative estimate of drug-likeness (QED) is 0.765. The summed E-state index contributed by atoms with van der Waals surface area (Å²) in [6, 6.07) is 5.95. The van der Waals surface area contributed by atoms with Gasteiger partial charge in [0.05, 0.1) is 11.2 Å². The van der Waals surface area contributed by atoms with Crippen molar-refractivity contribution in [2.45, 2.75) is 33.5 Å². The molecule has 0 bridgehead atoms. The Labute approximate surface area is 154 Å². The lowest BCUT2D eigenvalue weighted by atomic mass is 10.2.